The highest BCUT2D eigenvalue weighted by atomic mass is 16.5. The van der Waals surface area contributed by atoms with Crippen LogP contribution in [0.2, 0.25) is 0 Å². The van der Waals surface area contributed by atoms with Crippen LogP contribution in [0, 0.1) is 32.1 Å². The Morgan fingerprint density at radius 1 is 1.20 bits per heavy atom. The van der Waals surface area contributed by atoms with Gasteiger partial charge in [-0.2, -0.15) is 10.4 Å². The maximum Gasteiger partial charge on any atom is 0.345 e. The van der Waals surface area contributed by atoms with Crippen LogP contribution in [0.15, 0.2) is 41.2 Å². The molecule has 1 aromatic carbocycles. The van der Waals surface area contributed by atoms with Crippen LogP contribution in [0.1, 0.15) is 32.9 Å². The third kappa shape index (κ3) is 3.82. The first-order valence-corrected chi connectivity index (χ1v) is 9.36. The molecule has 0 aliphatic carbocycles. The van der Waals surface area contributed by atoms with Crippen molar-refractivity contribution in [3.05, 3.63) is 74.8 Å². The smallest absolute Gasteiger partial charge is 0.345 e. The summed E-state index contributed by atoms with van der Waals surface area (Å²) in [5.41, 5.74) is 2.54. The lowest BCUT2D eigenvalue weighted by molar-refractivity contribution is 0.0594. The number of pyridine rings is 1. The first kappa shape index (κ1) is 20.9. The molecular weight excluding hydrogens is 384 g/mol. The summed E-state index contributed by atoms with van der Waals surface area (Å²) in [5.74, 6) is -0.316. The molecule has 0 saturated heterocycles. The van der Waals surface area contributed by atoms with E-state index in [0.29, 0.717) is 11.3 Å². The van der Waals surface area contributed by atoms with Gasteiger partial charge in [-0.1, -0.05) is 18.2 Å². The van der Waals surface area contributed by atoms with E-state index in [1.165, 1.54) is 16.4 Å². The number of benzene rings is 1. The summed E-state index contributed by atoms with van der Waals surface area (Å²) in [6.45, 7) is 5.54. The van der Waals surface area contributed by atoms with Crippen LogP contribution in [0.5, 0.6) is 5.88 Å². The molecule has 2 heterocycles. The van der Waals surface area contributed by atoms with E-state index < -0.39 is 5.97 Å². The Kier molecular flexibility index (Phi) is 6.02. The predicted molar refractivity (Wildman–Crippen MR) is 110 cm³/mol. The van der Waals surface area contributed by atoms with Gasteiger partial charge in [0, 0.05) is 5.69 Å². The molecule has 0 radical (unpaired) electrons. The van der Waals surface area contributed by atoms with Gasteiger partial charge in [0.1, 0.15) is 23.8 Å². The van der Waals surface area contributed by atoms with Crippen molar-refractivity contribution in [1.29, 1.82) is 5.26 Å². The van der Waals surface area contributed by atoms with Crippen LogP contribution in [0.25, 0.3) is 5.69 Å². The van der Waals surface area contributed by atoms with Gasteiger partial charge in [-0.25, -0.2) is 9.48 Å². The molecule has 8 nitrogen and oxygen atoms in total. The Balaban J connectivity index is 1.95. The summed E-state index contributed by atoms with van der Waals surface area (Å²) in [7, 11) is 1.30. The molecule has 0 fully saturated rings. The average Bonchev–Trinajstić information content (AvgIpc) is 3.06. The largest absolute Gasteiger partial charge is 0.475 e. The molecule has 3 aromatic rings. The fraction of sp³-hybridized carbons (Fsp3) is 0.273. The normalized spacial score (nSPS) is 10.5. The molecular formula is C22H22N4O4. The number of carbonyl (C=O) groups excluding carboxylic acids is 1. The summed E-state index contributed by atoms with van der Waals surface area (Å²) in [6.07, 6.45) is 0. The number of nitrogens with zero attached hydrogens (tertiary/aromatic N) is 4. The molecule has 0 saturated carbocycles. The van der Waals surface area contributed by atoms with E-state index in [-0.39, 0.29) is 35.7 Å². The van der Waals surface area contributed by atoms with E-state index in [9.17, 15) is 14.9 Å². The first-order chi connectivity index (χ1) is 14.4. The number of aryl methyl sites for hydroxylation is 3. The number of para-hydroxylation sites is 1. The van der Waals surface area contributed by atoms with Crippen LogP contribution in [-0.4, -0.2) is 34.0 Å². The fourth-order valence-electron chi connectivity index (χ4n) is 3.30. The predicted octanol–water partition coefficient (Wildman–Crippen LogP) is 2.70. The molecule has 154 valence electrons. The Hall–Kier alpha value is -3.86. The van der Waals surface area contributed by atoms with Crippen molar-refractivity contribution >= 4 is 5.97 Å². The van der Waals surface area contributed by atoms with Gasteiger partial charge in [-0.15, -0.1) is 0 Å². The number of carbonyl (C=O) groups is 1. The quantitative estimate of drug-likeness (QED) is 0.584. The van der Waals surface area contributed by atoms with Gasteiger partial charge < -0.3 is 14.0 Å². The SMILES string of the molecule is COC(=O)c1c(C)nn(-c2ccccc2)c1OCCn1c(C)cc(C)c(C#N)c1=O. The Morgan fingerprint density at radius 3 is 2.53 bits per heavy atom. The number of rotatable bonds is 6. The molecule has 0 bridgehead atoms. The molecule has 0 spiro atoms. The second-order valence-electron chi connectivity index (χ2n) is 6.77. The third-order valence-electron chi connectivity index (χ3n) is 4.78. The highest BCUT2D eigenvalue weighted by Gasteiger charge is 2.25. The fourth-order valence-corrected chi connectivity index (χ4v) is 3.30. The minimum atomic E-state index is -0.555. The van der Waals surface area contributed by atoms with Gasteiger partial charge >= 0.3 is 5.97 Å². The molecule has 2 aromatic heterocycles. The van der Waals surface area contributed by atoms with Crippen molar-refractivity contribution < 1.29 is 14.3 Å². The number of esters is 1. The zero-order chi connectivity index (χ0) is 21.8. The van der Waals surface area contributed by atoms with Crippen LogP contribution in [-0.2, 0) is 11.3 Å². The van der Waals surface area contributed by atoms with E-state index >= 15 is 0 Å². The van der Waals surface area contributed by atoms with Crippen LogP contribution in [0.4, 0.5) is 0 Å². The lowest BCUT2D eigenvalue weighted by Crippen LogP contribution is -2.28. The first-order valence-electron chi connectivity index (χ1n) is 9.36. The molecule has 0 aliphatic rings. The zero-order valence-electron chi connectivity index (χ0n) is 17.3. The minimum absolute atomic E-state index is 0.0939. The Bertz CT molecular complexity index is 1190. The second kappa shape index (κ2) is 8.66. The molecule has 30 heavy (non-hydrogen) atoms. The highest BCUT2D eigenvalue weighted by Crippen LogP contribution is 2.26. The van der Waals surface area contributed by atoms with Crippen LogP contribution < -0.4 is 10.3 Å². The van der Waals surface area contributed by atoms with E-state index in [4.69, 9.17) is 9.47 Å². The standard InChI is InChI=1S/C22H22N4O4/c1-14-12-15(2)25(20(27)18(14)13-23)10-11-30-21-19(22(28)29-4)16(3)24-26(21)17-8-6-5-7-9-17/h5-9,12H,10-11H2,1-4H3. The van der Waals surface area contributed by atoms with Crippen molar-refractivity contribution in [2.75, 3.05) is 13.7 Å². The van der Waals surface area contributed by atoms with Crippen molar-refractivity contribution in [3.8, 4) is 17.6 Å². The minimum Gasteiger partial charge on any atom is -0.475 e. The van der Waals surface area contributed by atoms with Crippen molar-refractivity contribution in [2.24, 2.45) is 0 Å². The molecule has 0 N–H and O–H groups in total. The summed E-state index contributed by atoms with van der Waals surface area (Å²) in [6, 6.07) is 13.0. The second-order valence-corrected chi connectivity index (χ2v) is 6.77. The maximum atomic E-state index is 12.6. The average molecular weight is 406 g/mol. The molecule has 0 amide bonds. The lowest BCUT2D eigenvalue weighted by atomic mass is 10.1. The molecule has 8 heteroatoms. The van der Waals surface area contributed by atoms with E-state index in [2.05, 4.69) is 5.10 Å². The maximum absolute atomic E-state index is 12.6. The van der Waals surface area contributed by atoms with Gasteiger partial charge in [0.15, 0.2) is 0 Å². The van der Waals surface area contributed by atoms with E-state index in [1.54, 1.807) is 26.8 Å². The van der Waals surface area contributed by atoms with Crippen molar-refractivity contribution in [2.45, 2.75) is 27.3 Å². The summed E-state index contributed by atoms with van der Waals surface area (Å²) < 4.78 is 13.9. The van der Waals surface area contributed by atoms with Gasteiger partial charge in [0.25, 0.3) is 5.56 Å². The van der Waals surface area contributed by atoms with Crippen molar-refractivity contribution in [1.82, 2.24) is 14.3 Å². The molecule has 0 unspecified atom stereocenters. The number of methoxy groups -OCH3 is 1. The summed E-state index contributed by atoms with van der Waals surface area (Å²) in [5, 5.41) is 13.7. The Labute approximate surface area is 173 Å². The van der Waals surface area contributed by atoms with Crippen LogP contribution >= 0.6 is 0 Å². The number of nitriles is 1. The van der Waals surface area contributed by atoms with E-state index in [1.807, 2.05) is 36.4 Å². The number of aromatic nitrogens is 3. The van der Waals surface area contributed by atoms with Gasteiger partial charge in [0.2, 0.25) is 5.88 Å². The summed E-state index contributed by atoms with van der Waals surface area (Å²) in [4.78, 5) is 24.9. The highest BCUT2D eigenvalue weighted by molar-refractivity contribution is 5.93. The van der Waals surface area contributed by atoms with Gasteiger partial charge in [0.05, 0.1) is 25.0 Å². The lowest BCUT2D eigenvalue weighted by Gasteiger charge is -2.14. The monoisotopic (exact) mass is 406 g/mol. The summed E-state index contributed by atoms with van der Waals surface area (Å²) >= 11 is 0. The van der Waals surface area contributed by atoms with E-state index in [0.717, 1.165) is 11.4 Å². The molecule has 0 atom stereocenters. The topological polar surface area (TPSA) is 99.1 Å². The number of hydrogen-bond acceptors (Lipinski definition) is 6. The molecule has 0 aliphatic heterocycles. The zero-order valence-corrected chi connectivity index (χ0v) is 17.3. The van der Waals surface area contributed by atoms with Gasteiger partial charge in [-0.3, -0.25) is 4.79 Å². The number of ether oxygens (including phenoxy) is 2. The Morgan fingerprint density at radius 2 is 1.90 bits per heavy atom. The number of hydrogen-bond donors (Lipinski definition) is 0. The van der Waals surface area contributed by atoms with Crippen molar-refractivity contribution in [3.63, 3.8) is 0 Å². The van der Waals surface area contributed by atoms with Crippen LogP contribution in [0.3, 0.4) is 0 Å². The molecule has 3 rings (SSSR count). The van der Waals surface area contributed by atoms with Gasteiger partial charge in [-0.05, 0) is 44.5 Å². The third-order valence-corrected chi connectivity index (χ3v) is 4.78.